The number of hydrogen-bond donors (Lipinski definition) is 0. The molecule has 1 aromatic heterocycles. The van der Waals surface area contributed by atoms with Gasteiger partial charge in [-0.15, -0.1) is 0 Å². The molecule has 0 aliphatic carbocycles. The number of hydrogen-bond acceptors (Lipinski definition) is 2. The molecule has 1 aliphatic heterocycles. The molecule has 0 spiro atoms. The van der Waals surface area contributed by atoms with Crippen molar-refractivity contribution in [2.75, 3.05) is 5.75 Å². The molecule has 3 aromatic rings. The predicted molar refractivity (Wildman–Crippen MR) is 99.2 cm³/mol. The van der Waals surface area contributed by atoms with Crippen molar-refractivity contribution in [3.63, 3.8) is 0 Å². The van der Waals surface area contributed by atoms with Gasteiger partial charge in [0.25, 0.3) is 0 Å². The molecule has 0 atom stereocenters. The Hall–Kier alpha value is -1.04. The lowest BCUT2D eigenvalue weighted by molar-refractivity contribution is 0.726. The van der Waals surface area contributed by atoms with Crippen LogP contribution in [0.5, 0.6) is 0 Å². The van der Waals surface area contributed by atoms with E-state index in [2.05, 4.69) is 85.0 Å². The number of thioether (sulfide) groups is 1. The summed E-state index contributed by atoms with van der Waals surface area (Å²) in [6, 6.07) is 16.9. The second-order valence-corrected chi connectivity index (χ2v) is 8.00. The molecule has 0 fully saturated rings. The molecule has 0 amide bonds. The van der Waals surface area contributed by atoms with Crippen LogP contribution >= 0.6 is 43.6 Å². The molecule has 4 rings (SSSR count). The van der Waals surface area contributed by atoms with E-state index in [9.17, 15) is 0 Å². The second kappa shape index (κ2) is 5.87. The van der Waals surface area contributed by atoms with E-state index < -0.39 is 0 Å². The first kappa shape index (κ1) is 14.5. The number of imidazole rings is 1. The van der Waals surface area contributed by atoms with Crippen molar-refractivity contribution < 1.29 is 0 Å². The topological polar surface area (TPSA) is 17.8 Å². The Morgan fingerprint density at radius 3 is 2.09 bits per heavy atom. The van der Waals surface area contributed by atoms with Gasteiger partial charge in [0.1, 0.15) is 0 Å². The Morgan fingerprint density at radius 1 is 0.864 bits per heavy atom. The summed E-state index contributed by atoms with van der Waals surface area (Å²) in [4.78, 5) is 4.89. The molecular weight excluding hydrogens is 424 g/mol. The van der Waals surface area contributed by atoms with E-state index in [1.165, 1.54) is 11.3 Å². The molecular formula is C17H12Br2N2S. The smallest absolute Gasteiger partial charge is 0.169 e. The van der Waals surface area contributed by atoms with Crippen LogP contribution in [0.15, 0.2) is 62.6 Å². The number of nitrogens with zero attached hydrogens (tertiary/aromatic N) is 2. The average Bonchev–Trinajstić information content (AvgIpc) is 3.10. The Kier molecular flexibility index (Phi) is 3.88. The molecule has 0 unspecified atom stereocenters. The molecule has 2 aromatic carbocycles. The van der Waals surface area contributed by atoms with Crippen molar-refractivity contribution in [3.8, 4) is 22.5 Å². The molecule has 1 aliphatic rings. The molecule has 22 heavy (non-hydrogen) atoms. The van der Waals surface area contributed by atoms with E-state index in [-0.39, 0.29) is 0 Å². The standard InChI is InChI=1S/C17H12Br2N2S/c18-13-5-1-11(2-6-13)15-16(12-3-7-14(19)8-4-12)21-9-10-22-17(21)20-15/h1-8H,9-10H2. The first-order valence-corrected chi connectivity index (χ1v) is 9.55. The van der Waals surface area contributed by atoms with Crippen molar-refractivity contribution in [1.29, 1.82) is 0 Å². The van der Waals surface area contributed by atoms with Gasteiger partial charge in [-0.3, -0.25) is 0 Å². The van der Waals surface area contributed by atoms with E-state index in [1.54, 1.807) is 0 Å². The predicted octanol–water partition coefficient (Wildman–Crippen LogP) is 5.85. The number of rotatable bonds is 2. The van der Waals surface area contributed by atoms with Crippen molar-refractivity contribution in [3.05, 3.63) is 57.5 Å². The summed E-state index contributed by atoms with van der Waals surface area (Å²) in [5.74, 6) is 1.10. The van der Waals surface area contributed by atoms with Gasteiger partial charge >= 0.3 is 0 Å². The number of halogens is 2. The molecule has 110 valence electrons. The normalized spacial score (nSPS) is 13.4. The van der Waals surface area contributed by atoms with Gasteiger partial charge in [-0.25, -0.2) is 4.98 Å². The van der Waals surface area contributed by atoms with Crippen LogP contribution in [0.3, 0.4) is 0 Å². The fourth-order valence-corrected chi connectivity index (χ4v) is 4.17. The SMILES string of the molecule is Brc1ccc(-c2nc3n(c2-c2ccc(Br)cc2)CCS3)cc1. The van der Waals surface area contributed by atoms with Crippen molar-refractivity contribution >= 4 is 43.6 Å². The number of benzene rings is 2. The summed E-state index contributed by atoms with van der Waals surface area (Å²) in [6.07, 6.45) is 0. The van der Waals surface area contributed by atoms with Gasteiger partial charge in [0, 0.05) is 32.4 Å². The maximum Gasteiger partial charge on any atom is 0.169 e. The van der Waals surface area contributed by atoms with Crippen LogP contribution < -0.4 is 0 Å². The highest BCUT2D eigenvalue weighted by molar-refractivity contribution is 9.10. The summed E-state index contributed by atoms with van der Waals surface area (Å²) in [6.45, 7) is 1.02. The fourth-order valence-electron chi connectivity index (χ4n) is 2.69. The highest BCUT2D eigenvalue weighted by Gasteiger charge is 2.23. The van der Waals surface area contributed by atoms with Gasteiger partial charge < -0.3 is 4.57 Å². The first-order valence-electron chi connectivity index (χ1n) is 6.97. The van der Waals surface area contributed by atoms with Crippen LogP contribution in [-0.4, -0.2) is 15.3 Å². The molecule has 2 nitrogen and oxygen atoms in total. The van der Waals surface area contributed by atoms with Crippen LogP contribution in [0.2, 0.25) is 0 Å². The maximum atomic E-state index is 4.89. The van der Waals surface area contributed by atoms with E-state index in [0.29, 0.717) is 0 Å². The largest absolute Gasteiger partial charge is 0.318 e. The molecule has 0 radical (unpaired) electrons. The minimum atomic E-state index is 1.02. The summed E-state index contributed by atoms with van der Waals surface area (Å²) < 4.78 is 4.52. The van der Waals surface area contributed by atoms with Gasteiger partial charge in [0.05, 0.1) is 11.4 Å². The van der Waals surface area contributed by atoms with Crippen molar-refractivity contribution in [1.82, 2.24) is 9.55 Å². The summed E-state index contributed by atoms with van der Waals surface area (Å²) in [7, 11) is 0. The van der Waals surface area contributed by atoms with Gasteiger partial charge in [0.2, 0.25) is 0 Å². The monoisotopic (exact) mass is 434 g/mol. The molecule has 0 saturated carbocycles. The lowest BCUT2D eigenvalue weighted by atomic mass is 10.0. The summed E-state index contributed by atoms with van der Waals surface area (Å²) >= 11 is 8.84. The molecule has 2 heterocycles. The third-order valence-corrected chi connectivity index (χ3v) is 5.73. The van der Waals surface area contributed by atoms with Gasteiger partial charge in [-0.1, -0.05) is 67.9 Å². The third-order valence-electron chi connectivity index (χ3n) is 3.71. The zero-order chi connectivity index (χ0) is 15.1. The van der Waals surface area contributed by atoms with E-state index in [1.807, 2.05) is 11.8 Å². The minimum Gasteiger partial charge on any atom is -0.318 e. The quantitative estimate of drug-likeness (QED) is 0.502. The van der Waals surface area contributed by atoms with Crippen molar-refractivity contribution in [2.24, 2.45) is 0 Å². The van der Waals surface area contributed by atoms with E-state index in [4.69, 9.17) is 4.98 Å². The Morgan fingerprint density at radius 2 is 1.45 bits per heavy atom. The van der Waals surface area contributed by atoms with Gasteiger partial charge in [-0.05, 0) is 24.3 Å². The Bertz CT molecular complexity index is 823. The zero-order valence-corrected chi connectivity index (χ0v) is 15.6. The first-order chi connectivity index (χ1) is 10.7. The summed E-state index contributed by atoms with van der Waals surface area (Å²) in [5, 5.41) is 1.12. The number of aromatic nitrogens is 2. The van der Waals surface area contributed by atoms with Gasteiger partial charge in [0.15, 0.2) is 5.16 Å². The van der Waals surface area contributed by atoms with Gasteiger partial charge in [-0.2, -0.15) is 0 Å². The highest BCUT2D eigenvalue weighted by atomic mass is 79.9. The van der Waals surface area contributed by atoms with E-state index >= 15 is 0 Å². The van der Waals surface area contributed by atoms with Crippen LogP contribution in [0.4, 0.5) is 0 Å². The number of fused-ring (bicyclic) bond motifs is 1. The Balaban J connectivity index is 1.92. The van der Waals surface area contributed by atoms with Crippen LogP contribution in [0.25, 0.3) is 22.5 Å². The maximum absolute atomic E-state index is 4.89. The van der Waals surface area contributed by atoms with Crippen molar-refractivity contribution in [2.45, 2.75) is 11.7 Å². The lowest BCUT2D eigenvalue weighted by Crippen LogP contribution is -1.97. The summed E-state index contributed by atoms with van der Waals surface area (Å²) in [5.41, 5.74) is 4.65. The molecule has 5 heteroatoms. The molecule has 0 N–H and O–H groups in total. The fraction of sp³-hybridized carbons (Fsp3) is 0.118. The van der Waals surface area contributed by atoms with Crippen LogP contribution in [0.1, 0.15) is 0 Å². The minimum absolute atomic E-state index is 1.02. The zero-order valence-electron chi connectivity index (χ0n) is 11.6. The Labute approximate surface area is 150 Å². The van der Waals surface area contributed by atoms with Crippen LogP contribution in [0, 0.1) is 0 Å². The second-order valence-electron chi connectivity index (χ2n) is 5.11. The van der Waals surface area contributed by atoms with E-state index in [0.717, 1.165) is 37.7 Å². The molecule has 0 saturated heterocycles. The van der Waals surface area contributed by atoms with Crippen LogP contribution in [-0.2, 0) is 6.54 Å². The average molecular weight is 436 g/mol. The highest BCUT2D eigenvalue weighted by Crippen LogP contribution is 2.39. The lowest BCUT2D eigenvalue weighted by Gasteiger charge is -2.08. The molecule has 0 bridgehead atoms. The third kappa shape index (κ3) is 2.55.